The van der Waals surface area contributed by atoms with E-state index in [1.807, 2.05) is 0 Å². The fraction of sp³-hybridized carbons (Fsp3) is 0.625. The number of hydrogen-bond acceptors (Lipinski definition) is 2. The molecule has 0 rings (SSSR count). The average molecular weight is 155 g/mol. The van der Waals surface area contributed by atoms with Crippen LogP contribution in [0.5, 0.6) is 0 Å². The van der Waals surface area contributed by atoms with Gasteiger partial charge in [-0.2, -0.15) is 0 Å². The van der Waals surface area contributed by atoms with Crippen molar-refractivity contribution in [2.24, 2.45) is 0 Å². The van der Waals surface area contributed by atoms with Crippen LogP contribution in [-0.2, 0) is 4.79 Å². The average Bonchev–Trinajstić information content (AvgIpc) is 2.03. The normalized spacial score (nSPS) is 14.2. The smallest absolute Gasteiger partial charge is 0.264 e. The van der Waals surface area contributed by atoms with Gasteiger partial charge < -0.3 is 10.4 Å². The highest BCUT2D eigenvalue weighted by atomic mass is 16.3. The van der Waals surface area contributed by atoms with Gasteiger partial charge in [-0.1, -0.05) is 12.8 Å². The Bertz CT molecular complexity index is 202. The molecule has 0 fully saturated rings. The largest absolute Gasteiger partial charge is 0.369 e. The van der Waals surface area contributed by atoms with E-state index < -0.39 is 11.5 Å². The Kier molecular flexibility index (Phi) is 3.63. The summed E-state index contributed by atoms with van der Waals surface area (Å²) in [5, 5.41) is 11.9. The number of aliphatic hydroxyl groups is 1. The van der Waals surface area contributed by atoms with Crippen molar-refractivity contribution in [3.8, 4) is 11.8 Å². The Balaban J connectivity index is 4.54. The summed E-state index contributed by atoms with van der Waals surface area (Å²) < 4.78 is 0. The summed E-state index contributed by atoms with van der Waals surface area (Å²) in [6.45, 7) is 3.29. The van der Waals surface area contributed by atoms with Crippen LogP contribution < -0.4 is 5.32 Å². The van der Waals surface area contributed by atoms with Gasteiger partial charge in [0.2, 0.25) is 5.60 Å². The van der Waals surface area contributed by atoms with Gasteiger partial charge in [-0.15, -0.1) is 5.92 Å². The lowest BCUT2D eigenvalue weighted by molar-refractivity contribution is -0.134. The first-order valence-corrected chi connectivity index (χ1v) is 3.49. The summed E-state index contributed by atoms with van der Waals surface area (Å²) in [4.78, 5) is 11.0. The molecule has 11 heavy (non-hydrogen) atoms. The van der Waals surface area contributed by atoms with Crippen molar-refractivity contribution in [2.45, 2.75) is 25.9 Å². The van der Waals surface area contributed by atoms with Crippen LogP contribution in [0.25, 0.3) is 0 Å². The molecule has 1 atom stereocenters. The van der Waals surface area contributed by atoms with Gasteiger partial charge in [0.15, 0.2) is 0 Å². The molecule has 2 N–H and O–H groups in total. The molecule has 1 unspecified atom stereocenters. The second-order valence-electron chi connectivity index (χ2n) is 2.17. The van der Waals surface area contributed by atoms with E-state index in [0.717, 1.165) is 0 Å². The first-order chi connectivity index (χ1) is 5.10. The highest BCUT2D eigenvalue weighted by Gasteiger charge is 2.30. The maximum absolute atomic E-state index is 11.0. The minimum Gasteiger partial charge on any atom is -0.369 e. The molecule has 0 aliphatic carbocycles. The molecule has 1 amide bonds. The van der Waals surface area contributed by atoms with Gasteiger partial charge in [0, 0.05) is 7.05 Å². The molecule has 0 saturated carbocycles. The number of nitrogens with one attached hydrogen (secondary N) is 1. The number of amides is 1. The lowest BCUT2D eigenvalue weighted by atomic mass is 10.0. The Labute approximate surface area is 66.8 Å². The zero-order chi connectivity index (χ0) is 8.91. The third-order valence-corrected chi connectivity index (χ3v) is 1.45. The maximum Gasteiger partial charge on any atom is 0.264 e. The van der Waals surface area contributed by atoms with Crippen molar-refractivity contribution >= 4 is 5.91 Å². The van der Waals surface area contributed by atoms with Crippen LogP contribution in [-0.4, -0.2) is 23.7 Å². The first-order valence-electron chi connectivity index (χ1n) is 3.49. The fourth-order valence-corrected chi connectivity index (χ4v) is 0.719. The molecule has 0 aliphatic heterocycles. The van der Waals surface area contributed by atoms with Gasteiger partial charge in [-0.3, -0.25) is 4.79 Å². The van der Waals surface area contributed by atoms with E-state index >= 15 is 0 Å². The lowest BCUT2D eigenvalue weighted by Crippen LogP contribution is -2.43. The zero-order valence-corrected chi connectivity index (χ0v) is 7.06. The van der Waals surface area contributed by atoms with Crippen molar-refractivity contribution in [1.29, 1.82) is 0 Å². The topological polar surface area (TPSA) is 49.3 Å². The van der Waals surface area contributed by atoms with Crippen LogP contribution in [0.1, 0.15) is 20.3 Å². The van der Waals surface area contributed by atoms with Crippen molar-refractivity contribution in [3.63, 3.8) is 0 Å². The minimum absolute atomic E-state index is 0.299. The molecule has 3 nitrogen and oxygen atoms in total. The lowest BCUT2D eigenvalue weighted by Gasteiger charge is -2.17. The Hall–Kier alpha value is -1.01. The predicted octanol–water partition coefficient (Wildman–Crippen LogP) is -0.103. The maximum atomic E-state index is 11.0. The van der Waals surface area contributed by atoms with Crippen LogP contribution >= 0.6 is 0 Å². The quantitative estimate of drug-likeness (QED) is 0.547. The molecule has 0 spiro atoms. The monoisotopic (exact) mass is 155 g/mol. The highest BCUT2D eigenvalue weighted by molar-refractivity contribution is 5.88. The number of rotatable bonds is 2. The second-order valence-corrected chi connectivity index (χ2v) is 2.17. The van der Waals surface area contributed by atoms with Gasteiger partial charge in [0.1, 0.15) is 0 Å². The number of carbonyl (C=O) groups is 1. The first kappa shape index (κ1) is 9.99. The van der Waals surface area contributed by atoms with Crippen LogP contribution in [0.2, 0.25) is 0 Å². The predicted molar refractivity (Wildman–Crippen MR) is 42.8 cm³/mol. The van der Waals surface area contributed by atoms with Crippen molar-refractivity contribution < 1.29 is 9.90 Å². The van der Waals surface area contributed by atoms with Gasteiger partial charge >= 0.3 is 0 Å². The van der Waals surface area contributed by atoms with E-state index in [1.165, 1.54) is 7.05 Å². The Morgan fingerprint density at radius 1 is 1.73 bits per heavy atom. The molecule has 0 aromatic carbocycles. The van der Waals surface area contributed by atoms with E-state index in [2.05, 4.69) is 17.2 Å². The molecule has 0 aliphatic rings. The van der Waals surface area contributed by atoms with Crippen LogP contribution in [0.15, 0.2) is 0 Å². The number of carbonyl (C=O) groups excluding carboxylic acids is 1. The van der Waals surface area contributed by atoms with Gasteiger partial charge in [0.05, 0.1) is 0 Å². The molecular weight excluding hydrogens is 142 g/mol. The van der Waals surface area contributed by atoms with E-state index in [0.29, 0.717) is 6.42 Å². The third-order valence-electron chi connectivity index (χ3n) is 1.45. The van der Waals surface area contributed by atoms with E-state index in [9.17, 15) is 9.90 Å². The molecule has 0 heterocycles. The van der Waals surface area contributed by atoms with Gasteiger partial charge in [-0.25, -0.2) is 0 Å². The highest BCUT2D eigenvalue weighted by Crippen LogP contribution is 2.07. The Morgan fingerprint density at radius 2 is 2.27 bits per heavy atom. The van der Waals surface area contributed by atoms with Crippen LogP contribution in [0.3, 0.4) is 0 Å². The van der Waals surface area contributed by atoms with Crippen LogP contribution in [0.4, 0.5) is 0 Å². The summed E-state index contributed by atoms with van der Waals surface area (Å²) in [5.41, 5.74) is -1.51. The molecule has 0 aromatic heterocycles. The minimum atomic E-state index is -1.51. The Morgan fingerprint density at radius 3 is 2.55 bits per heavy atom. The molecular formula is C8H13NO2. The van der Waals surface area contributed by atoms with Gasteiger partial charge in [0.25, 0.3) is 5.91 Å². The van der Waals surface area contributed by atoms with Crippen molar-refractivity contribution in [1.82, 2.24) is 5.32 Å². The van der Waals surface area contributed by atoms with E-state index in [-0.39, 0.29) is 0 Å². The summed E-state index contributed by atoms with van der Waals surface area (Å²) in [6, 6.07) is 0. The summed E-state index contributed by atoms with van der Waals surface area (Å²) in [5.74, 6) is 4.52. The fourth-order valence-electron chi connectivity index (χ4n) is 0.719. The van der Waals surface area contributed by atoms with Crippen molar-refractivity contribution in [3.05, 3.63) is 0 Å². The molecule has 0 saturated heterocycles. The third kappa shape index (κ3) is 2.24. The molecule has 3 heteroatoms. The van der Waals surface area contributed by atoms with Gasteiger partial charge in [-0.05, 0) is 13.3 Å². The molecule has 62 valence electrons. The second kappa shape index (κ2) is 3.99. The summed E-state index contributed by atoms with van der Waals surface area (Å²) in [7, 11) is 1.47. The van der Waals surface area contributed by atoms with Crippen molar-refractivity contribution in [2.75, 3.05) is 7.05 Å². The molecule has 0 radical (unpaired) electrons. The van der Waals surface area contributed by atoms with E-state index in [4.69, 9.17) is 0 Å². The van der Waals surface area contributed by atoms with Crippen LogP contribution in [0, 0.1) is 11.8 Å². The number of likely N-dealkylation sites (N-methyl/N-ethyl adjacent to an activating group) is 1. The zero-order valence-electron chi connectivity index (χ0n) is 7.06. The molecule has 0 bridgehead atoms. The summed E-state index contributed by atoms with van der Waals surface area (Å²) in [6.07, 6.45) is 0.299. The SMILES string of the molecule is CC#CC(O)(CC)C(=O)NC. The van der Waals surface area contributed by atoms with E-state index in [1.54, 1.807) is 13.8 Å². The standard InChI is InChI=1S/C8H13NO2/c1-4-6-8(11,5-2)7(10)9-3/h11H,5H2,1-3H3,(H,9,10). The number of hydrogen-bond donors (Lipinski definition) is 2. The molecule has 0 aromatic rings. The summed E-state index contributed by atoms with van der Waals surface area (Å²) >= 11 is 0.